The van der Waals surface area contributed by atoms with Gasteiger partial charge in [-0.2, -0.15) is 0 Å². The number of hydrogen-bond acceptors (Lipinski definition) is 7. The van der Waals surface area contributed by atoms with Crippen molar-refractivity contribution in [3.63, 3.8) is 0 Å². The molecule has 0 bridgehead atoms. The standard InChI is InChI=1S/C47H79O8P/c1-4-7-9-11-13-15-17-19-21-23-24-26-28-30-32-34-36-38-40-42-47(49)55-45(44-54-56(50,51)53-6-3)43-52-46(48)41-39-37-35-33-31-29-27-25-22-20-18-16-14-12-10-8-5-2/h7,9,13,15,19-22,24,26,30,32,36,38,45H,4-6,8,10-12,14,16-18,23,25,27-29,31,33-35,37,39-44H2,1-3H3,(H,50,51)/b9-7-,15-13-,21-19-,22-20-,26-24-,32-30-,38-36-. The first kappa shape index (κ1) is 53.2. The Morgan fingerprint density at radius 2 is 0.946 bits per heavy atom. The normalized spacial score (nSPS) is 14.1. The molecule has 0 amide bonds. The lowest BCUT2D eigenvalue weighted by molar-refractivity contribution is -0.161. The van der Waals surface area contributed by atoms with Crippen LogP contribution in [0.5, 0.6) is 0 Å². The minimum atomic E-state index is -4.31. The van der Waals surface area contributed by atoms with E-state index in [1.807, 2.05) is 12.2 Å². The SMILES string of the molecule is CC/C=C\C/C=C\C/C=C\C/C=C\C/C=C\C/C=C\CCC(=O)OC(COC(=O)CCCCCCCCC/C=C\CCCCCCCC)COP(=O)(O)OCC. The smallest absolute Gasteiger partial charge is 0.462 e. The summed E-state index contributed by atoms with van der Waals surface area (Å²) in [5.41, 5.74) is 0. The summed E-state index contributed by atoms with van der Waals surface area (Å²) in [6, 6.07) is 0. The Morgan fingerprint density at radius 3 is 1.45 bits per heavy atom. The van der Waals surface area contributed by atoms with E-state index in [0.717, 1.165) is 70.6 Å². The van der Waals surface area contributed by atoms with Gasteiger partial charge in [0, 0.05) is 12.8 Å². The van der Waals surface area contributed by atoms with Crippen LogP contribution in [0.2, 0.25) is 0 Å². The van der Waals surface area contributed by atoms with E-state index in [4.69, 9.17) is 18.5 Å². The van der Waals surface area contributed by atoms with Crippen LogP contribution in [0.4, 0.5) is 0 Å². The maximum atomic E-state index is 12.5. The van der Waals surface area contributed by atoms with Crippen LogP contribution in [0.1, 0.15) is 175 Å². The number of phosphoric acid groups is 1. The van der Waals surface area contributed by atoms with Crippen molar-refractivity contribution in [2.75, 3.05) is 19.8 Å². The molecule has 0 spiro atoms. The fraction of sp³-hybridized carbons (Fsp3) is 0.660. The molecular formula is C47H79O8P. The number of allylic oxidation sites excluding steroid dienone is 14. The molecule has 0 rings (SSSR count). The Labute approximate surface area is 342 Å². The van der Waals surface area contributed by atoms with Crippen LogP contribution in [-0.4, -0.2) is 42.8 Å². The lowest BCUT2D eigenvalue weighted by atomic mass is 10.1. The highest BCUT2D eigenvalue weighted by Gasteiger charge is 2.25. The molecule has 9 heteroatoms. The van der Waals surface area contributed by atoms with Crippen LogP contribution in [0, 0.1) is 0 Å². The first-order chi connectivity index (χ1) is 27.3. The Bertz CT molecular complexity index is 1180. The van der Waals surface area contributed by atoms with Gasteiger partial charge in [0.1, 0.15) is 6.61 Å². The molecular weight excluding hydrogens is 723 g/mol. The third-order valence-electron chi connectivity index (χ3n) is 8.70. The molecule has 0 aromatic rings. The third kappa shape index (κ3) is 40.9. The molecule has 0 aliphatic carbocycles. The van der Waals surface area contributed by atoms with Crippen molar-refractivity contribution >= 4 is 19.8 Å². The molecule has 0 saturated heterocycles. The van der Waals surface area contributed by atoms with Gasteiger partial charge in [0.25, 0.3) is 0 Å². The first-order valence-electron chi connectivity index (χ1n) is 21.9. The van der Waals surface area contributed by atoms with Crippen LogP contribution >= 0.6 is 7.82 Å². The van der Waals surface area contributed by atoms with E-state index in [9.17, 15) is 19.0 Å². The molecule has 320 valence electrons. The summed E-state index contributed by atoms with van der Waals surface area (Å²) in [4.78, 5) is 34.7. The maximum Gasteiger partial charge on any atom is 0.472 e. The fourth-order valence-corrected chi connectivity index (χ4v) is 6.29. The quantitative estimate of drug-likeness (QED) is 0.0283. The molecule has 0 aromatic heterocycles. The monoisotopic (exact) mass is 803 g/mol. The number of hydrogen-bond donors (Lipinski definition) is 1. The van der Waals surface area contributed by atoms with Gasteiger partial charge in [-0.25, -0.2) is 4.57 Å². The van der Waals surface area contributed by atoms with Gasteiger partial charge in [-0.15, -0.1) is 0 Å². The Morgan fingerprint density at radius 1 is 0.500 bits per heavy atom. The summed E-state index contributed by atoms with van der Waals surface area (Å²) in [5, 5.41) is 0. The van der Waals surface area contributed by atoms with Crippen LogP contribution in [0.3, 0.4) is 0 Å². The lowest BCUT2D eigenvalue weighted by Crippen LogP contribution is -2.29. The molecule has 0 heterocycles. The molecule has 1 N–H and O–H groups in total. The number of ether oxygens (including phenoxy) is 2. The molecule has 8 nitrogen and oxygen atoms in total. The van der Waals surface area contributed by atoms with Gasteiger partial charge in [0.2, 0.25) is 0 Å². The van der Waals surface area contributed by atoms with E-state index < -0.39 is 32.5 Å². The highest BCUT2D eigenvalue weighted by molar-refractivity contribution is 7.47. The first-order valence-corrected chi connectivity index (χ1v) is 23.4. The van der Waals surface area contributed by atoms with Gasteiger partial charge in [0.05, 0.1) is 13.2 Å². The number of rotatable bonds is 39. The summed E-state index contributed by atoms with van der Waals surface area (Å²) in [6.45, 7) is 5.25. The van der Waals surface area contributed by atoms with Crippen LogP contribution in [-0.2, 0) is 32.7 Å². The predicted molar refractivity (Wildman–Crippen MR) is 234 cm³/mol. The zero-order valence-electron chi connectivity index (χ0n) is 35.5. The zero-order valence-corrected chi connectivity index (χ0v) is 36.4. The average molecular weight is 803 g/mol. The number of carbonyl (C=O) groups is 2. The second kappa shape index (κ2) is 41.9. The summed E-state index contributed by atoms with van der Waals surface area (Å²) >= 11 is 0. The van der Waals surface area contributed by atoms with E-state index >= 15 is 0 Å². The largest absolute Gasteiger partial charge is 0.472 e. The number of phosphoric ester groups is 1. The summed E-state index contributed by atoms with van der Waals surface area (Å²) in [7, 11) is -4.31. The predicted octanol–water partition coefficient (Wildman–Crippen LogP) is 13.9. The number of carbonyl (C=O) groups excluding carboxylic acids is 2. The van der Waals surface area contributed by atoms with Gasteiger partial charge in [-0.05, 0) is 84.0 Å². The fourth-order valence-electron chi connectivity index (χ4n) is 5.53. The van der Waals surface area contributed by atoms with E-state index in [1.54, 1.807) is 6.92 Å². The van der Waals surface area contributed by atoms with Gasteiger partial charge < -0.3 is 14.4 Å². The van der Waals surface area contributed by atoms with Crippen LogP contribution in [0.25, 0.3) is 0 Å². The topological polar surface area (TPSA) is 108 Å². The molecule has 0 saturated carbocycles. The van der Waals surface area contributed by atoms with E-state index in [1.165, 1.54) is 64.2 Å². The van der Waals surface area contributed by atoms with E-state index in [-0.39, 0.29) is 26.1 Å². The van der Waals surface area contributed by atoms with E-state index in [0.29, 0.717) is 6.42 Å². The zero-order chi connectivity index (χ0) is 41.1. The molecule has 0 aromatic carbocycles. The molecule has 0 radical (unpaired) electrons. The highest BCUT2D eigenvalue weighted by Crippen LogP contribution is 2.43. The average Bonchev–Trinajstić information content (AvgIpc) is 3.18. The molecule has 0 aliphatic rings. The molecule has 2 atom stereocenters. The maximum absolute atomic E-state index is 12.5. The van der Waals surface area contributed by atoms with Crippen molar-refractivity contribution < 1.29 is 37.6 Å². The van der Waals surface area contributed by atoms with Crippen molar-refractivity contribution in [2.24, 2.45) is 0 Å². The van der Waals surface area contributed by atoms with Crippen molar-refractivity contribution in [1.29, 1.82) is 0 Å². The van der Waals surface area contributed by atoms with Crippen molar-refractivity contribution in [2.45, 2.75) is 181 Å². The van der Waals surface area contributed by atoms with Gasteiger partial charge >= 0.3 is 19.8 Å². The Hall–Kier alpha value is -2.77. The Kier molecular flexibility index (Phi) is 39.8. The second-order valence-electron chi connectivity index (χ2n) is 14.0. The third-order valence-corrected chi connectivity index (χ3v) is 9.76. The van der Waals surface area contributed by atoms with Crippen molar-refractivity contribution in [1.82, 2.24) is 0 Å². The van der Waals surface area contributed by atoms with Crippen LogP contribution in [0.15, 0.2) is 85.1 Å². The van der Waals surface area contributed by atoms with E-state index in [2.05, 4.69) is 86.8 Å². The minimum Gasteiger partial charge on any atom is -0.462 e. The second-order valence-corrected chi connectivity index (χ2v) is 15.4. The molecule has 56 heavy (non-hydrogen) atoms. The molecule has 2 unspecified atom stereocenters. The summed E-state index contributed by atoms with van der Waals surface area (Å²) in [5.74, 6) is -0.906. The Balaban J connectivity index is 4.23. The lowest BCUT2D eigenvalue weighted by Gasteiger charge is -2.19. The minimum absolute atomic E-state index is 0.0180. The van der Waals surface area contributed by atoms with Gasteiger partial charge in [-0.1, -0.05) is 163 Å². The number of esters is 2. The summed E-state index contributed by atoms with van der Waals surface area (Å²) < 4.78 is 32.6. The highest BCUT2D eigenvalue weighted by atomic mass is 31.2. The summed E-state index contributed by atoms with van der Waals surface area (Å²) in [6.07, 6.45) is 53.6. The van der Waals surface area contributed by atoms with Crippen molar-refractivity contribution in [3.05, 3.63) is 85.1 Å². The van der Waals surface area contributed by atoms with Crippen LogP contribution < -0.4 is 0 Å². The van der Waals surface area contributed by atoms with Crippen molar-refractivity contribution in [3.8, 4) is 0 Å². The molecule has 0 fully saturated rings. The van der Waals surface area contributed by atoms with Gasteiger partial charge in [0.15, 0.2) is 6.10 Å². The number of unbranched alkanes of at least 4 members (excludes halogenated alkanes) is 13. The molecule has 0 aliphatic heterocycles. The van der Waals surface area contributed by atoms with Gasteiger partial charge in [-0.3, -0.25) is 18.6 Å².